The Morgan fingerprint density at radius 1 is 0.935 bits per heavy atom. The first-order chi connectivity index (χ1) is 15.0. The summed E-state index contributed by atoms with van der Waals surface area (Å²) in [5, 5.41) is 3.00. The van der Waals surface area contributed by atoms with Crippen LogP contribution in [0.3, 0.4) is 0 Å². The number of benzene rings is 3. The van der Waals surface area contributed by atoms with Gasteiger partial charge in [-0.15, -0.1) is 0 Å². The number of carbonyl (C=O) groups is 2. The zero-order chi connectivity index (χ0) is 21.8. The monoisotopic (exact) mass is 412 g/mol. The molecule has 0 radical (unpaired) electrons. The highest BCUT2D eigenvalue weighted by atomic mass is 16.2. The molecule has 0 bridgehead atoms. The van der Waals surface area contributed by atoms with E-state index < -0.39 is 0 Å². The molecule has 0 aliphatic carbocycles. The van der Waals surface area contributed by atoms with Crippen LogP contribution >= 0.6 is 0 Å². The van der Waals surface area contributed by atoms with Crippen molar-refractivity contribution in [1.29, 1.82) is 0 Å². The Balaban J connectivity index is 1.44. The van der Waals surface area contributed by atoms with Crippen LogP contribution < -0.4 is 10.2 Å². The summed E-state index contributed by atoms with van der Waals surface area (Å²) in [7, 11) is 0. The first kappa shape index (κ1) is 20.9. The van der Waals surface area contributed by atoms with Gasteiger partial charge < -0.3 is 10.2 Å². The lowest BCUT2D eigenvalue weighted by Crippen LogP contribution is -2.38. The highest BCUT2D eigenvalue weighted by molar-refractivity contribution is 5.98. The molecule has 1 N–H and O–H groups in total. The summed E-state index contributed by atoms with van der Waals surface area (Å²) in [6, 6.07) is 24.2. The van der Waals surface area contributed by atoms with Crippen molar-refractivity contribution in [3.05, 3.63) is 83.9 Å². The number of hydrogen-bond donors (Lipinski definition) is 1. The summed E-state index contributed by atoms with van der Waals surface area (Å²) in [5.41, 5.74) is 6.08. The van der Waals surface area contributed by atoms with Crippen LogP contribution in [0.25, 0.3) is 11.1 Å². The molecule has 0 unspecified atom stereocenters. The van der Waals surface area contributed by atoms with Gasteiger partial charge in [0.2, 0.25) is 11.8 Å². The van der Waals surface area contributed by atoms with E-state index in [9.17, 15) is 9.59 Å². The Bertz CT molecular complexity index is 1070. The minimum atomic E-state index is -0.0649. The van der Waals surface area contributed by atoms with Crippen LogP contribution in [0.5, 0.6) is 0 Å². The van der Waals surface area contributed by atoms with Crippen LogP contribution in [0.4, 0.5) is 11.4 Å². The molecule has 1 heterocycles. The average Bonchev–Trinajstić information content (AvgIpc) is 2.79. The third kappa shape index (κ3) is 4.85. The van der Waals surface area contributed by atoms with Gasteiger partial charge in [0.05, 0.1) is 6.42 Å². The van der Waals surface area contributed by atoms with Crippen molar-refractivity contribution in [1.82, 2.24) is 0 Å². The maximum Gasteiger partial charge on any atom is 0.229 e. The molecule has 3 aromatic carbocycles. The molecular weight excluding hydrogens is 384 g/mol. The minimum Gasteiger partial charge on any atom is -0.326 e. The summed E-state index contributed by atoms with van der Waals surface area (Å²) < 4.78 is 0. The topological polar surface area (TPSA) is 49.4 Å². The van der Waals surface area contributed by atoms with Gasteiger partial charge in [-0.05, 0) is 47.2 Å². The fraction of sp³-hybridized carbons (Fsp3) is 0.259. The van der Waals surface area contributed by atoms with E-state index in [0.29, 0.717) is 6.42 Å². The number of anilines is 2. The second-order valence-corrected chi connectivity index (χ2v) is 8.38. The van der Waals surface area contributed by atoms with Gasteiger partial charge in [0.1, 0.15) is 0 Å². The Kier molecular flexibility index (Phi) is 6.17. The molecule has 4 nitrogen and oxygen atoms in total. The largest absolute Gasteiger partial charge is 0.326 e. The van der Waals surface area contributed by atoms with Crippen molar-refractivity contribution in [3.63, 3.8) is 0 Å². The quantitative estimate of drug-likeness (QED) is 0.604. The maximum absolute atomic E-state index is 12.6. The van der Waals surface area contributed by atoms with Crippen LogP contribution in [0, 0.1) is 5.92 Å². The number of fused-ring (bicyclic) bond motifs is 1. The summed E-state index contributed by atoms with van der Waals surface area (Å²) >= 11 is 0. The fourth-order valence-corrected chi connectivity index (χ4v) is 4.03. The molecule has 0 atom stereocenters. The Hall–Kier alpha value is -3.40. The Labute approximate surface area is 183 Å². The lowest BCUT2D eigenvalue weighted by atomic mass is 9.99. The summed E-state index contributed by atoms with van der Waals surface area (Å²) in [6.45, 7) is 4.58. The van der Waals surface area contributed by atoms with Crippen molar-refractivity contribution >= 4 is 23.2 Å². The van der Waals surface area contributed by atoms with E-state index >= 15 is 0 Å². The van der Waals surface area contributed by atoms with Crippen LogP contribution in [-0.2, 0) is 22.4 Å². The predicted molar refractivity (Wildman–Crippen MR) is 126 cm³/mol. The van der Waals surface area contributed by atoms with Crippen molar-refractivity contribution in [2.75, 3.05) is 16.8 Å². The molecule has 31 heavy (non-hydrogen) atoms. The second kappa shape index (κ2) is 9.17. The van der Waals surface area contributed by atoms with E-state index in [1.54, 1.807) is 0 Å². The molecule has 1 aliphatic heterocycles. The van der Waals surface area contributed by atoms with E-state index in [0.717, 1.165) is 53.0 Å². The number of amides is 2. The third-order valence-corrected chi connectivity index (χ3v) is 5.67. The smallest absolute Gasteiger partial charge is 0.229 e. The number of rotatable bonds is 5. The third-order valence-electron chi connectivity index (χ3n) is 5.67. The SMILES string of the molecule is CC(C)C(=O)N1CCCc2ccc(NC(=O)Cc3ccc(-c4ccccc4)cc3)cc21. The first-order valence-electron chi connectivity index (χ1n) is 10.9. The van der Waals surface area contributed by atoms with E-state index in [2.05, 4.69) is 17.4 Å². The molecule has 3 aromatic rings. The van der Waals surface area contributed by atoms with E-state index in [-0.39, 0.29) is 17.7 Å². The van der Waals surface area contributed by atoms with Crippen LogP contribution in [0.15, 0.2) is 72.8 Å². The Morgan fingerprint density at radius 3 is 2.35 bits per heavy atom. The van der Waals surface area contributed by atoms with Crippen molar-refractivity contribution < 1.29 is 9.59 Å². The molecule has 2 amide bonds. The summed E-state index contributed by atoms with van der Waals surface area (Å²) in [6.07, 6.45) is 2.23. The van der Waals surface area contributed by atoms with E-state index in [4.69, 9.17) is 0 Å². The van der Waals surface area contributed by atoms with Gasteiger partial charge in [-0.1, -0.05) is 74.5 Å². The highest BCUT2D eigenvalue weighted by Crippen LogP contribution is 2.31. The lowest BCUT2D eigenvalue weighted by Gasteiger charge is -2.31. The van der Waals surface area contributed by atoms with Crippen LogP contribution in [0.1, 0.15) is 31.4 Å². The van der Waals surface area contributed by atoms with Gasteiger partial charge in [0, 0.05) is 23.8 Å². The number of hydrogen-bond acceptors (Lipinski definition) is 2. The van der Waals surface area contributed by atoms with Gasteiger partial charge in [-0.2, -0.15) is 0 Å². The summed E-state index contributed by atoms with van der Waals surface area (Å²) in [4.78, 5) is 27.1. The highest BCUT2D eigenvalue weighted by Gasteiger charge is 2.24. The normalized spacial score (nSPS) is 13.1. The molecule has 0 saturated heterocycles. The Morgan fingerprint density at radius 2 is 1.65 bits per heavy atom. The number of aryl methyl sites for hydroxylation is 1. The minimum absolute atomic E-state index is 0.0527. The van der Waals surface area contributed by atoms with Crippen molar-refractivity contribution in [2.45, 2.75) is 33.1 Å². The zero-order valence-corrected chi connectivity index (χ0v) is 18.1. The molecule has 1 aliphatic rings. The second-order valence-electron chi connectivity index (χ2n) is 8.38. The van der Waals surface area contributed by atoms with Gasteiger partial charge in [0.25, 0.3) is 0 Å². The van der Waals surface area contributed by atoms with E-state index in [1.807, 2.05) is 79.4 Å². The number of carbonyl (C=O) groups excluding carboxylic acids is 2. The van der Waals surface area contributed by atoms with Gasteiger partial charge >= 0.3 is 0 Å². The maximum atomic E-state index is 12.6. The summed E-state index contributed by atoms with van der Waals surface area (Å²) in [5.74, 6) is 0.0101. The number of nitrogens with zero attached hydrogens (tertiary/aromatic N) is 1. The van der Waals surface area contributed by atoms with Crippen molar-refractivity contribution in [2.24, 2.45) is 5.92 Å². The average molecular weight is 413 g/mol. The van der Waals surface area contributed by atoms with Crippen molar-refractivity contribution in [3.8, 4) is 11.1 Å². The molecule has 4 heteroatoms. The molecule has 4 rings (SSSR count). The van der Waals surface area contributed by atoms with Crippen LogP contribution in [-0.4, -0.2) is 18.4 Å². The number of nitrogens with one attached hydrogen (secondary N) is 1. The molecule has 158 valence electrons. The van der Waals surface area contributed by atoms with E-state index in [1.165, 1.54) is 0 Å². The van der Waals surface area contributed by atoms with Crippen LogP contribution in [0.2, 0.25) is 0 Å². The standard InChI is InChI=1S/C27H28N2O2/c1-19(2)27(31)29-16-6-9-23-14-15-24(18-25(23)29)28-26(30)17-20-10-12-22(13-11-20)21-7-4-3-5-8-21/h3-5,7-8,10-15,18-19H,6,9,16-17H2,1-2H3,(H,28,30). The molecule has 0 fully saturated rings. The predicted octanol–water partition coefficient (Wildman–Crippen LogP) is 5.47. The van der Waals surface area contributed by atoms with Gasteiger partial charge in [0.15, 0.2) is 0 Å². The molecule has 0 spiro atoms. The van der Waals surface area contributed by atoms with Gasteiger partial charge in [-0.25, -0.2) is 0 Å². The first-order valence-corrected chi connectivity index (χ1v) is 10.9. The molecule has 0 saturated carbocycles. The lowest BCUT2D eigenvalue weighted by molar-refractivity contribution is -0.121. The molecule has 0 aromatic heterocycles. The molecular formula is C27H28N2O2. The van der Waals surface area contributed by atoms with Gasteiger partial charge in [-0.3, -0.25) is 9.59 Å². The zero-order valence-electron chi connectivity index (χ0n) is 18.1. The fourth-order valence-electron chi connectivity index (χ4n) is 4.03.